The van der Waals surface area contributed by atoms with Crippen LogP contribution in [0.3, 0.4) is 0 Å². The zero-order valence-corrected chi connectivity index (χ0v) is 10.7. The quantitative estimate of drug-likeness (QED) is 0.720. The maximum absolute atomic E-state index is 11.7. The lowest BCUT2D eigenvalue weighted by molar-refractivity contribution is -0.0597. The summed E-state index contributed by atoms with van der Waals surface area (Å²) in [6.07, 6.45) is 0. The largest absolute Gasteiger partial charge is 0.341 e. The number of carbonyl (C=O) groups excluding carboxylic acids is 1. The van der Waals surface area contributed by atoms with Crippen LogP contribution in [0.2, 0.25) is 0 Å². The number of nitrogens with one attached hydrogen (secondary N) is 1. The molecule has 0 aromatic heterocycles. The monoisotopic (exact) mass is 229 g/mol. The van der Waals surface area contributed by atoms with Crippen molar-refractivity contribution in [2.75, 3.05) is 32.7 Å². The molecule has 1 N–H and O–H groups in total. The van der Waals surface area contributed by atoms with Crippen molar-refractivity contribution in [3.63, 3.8) is 0 Å². The maximum Gasteiger partial charge on any atom is 0.341 e. The van der Waals surface area contributed by atoms with Gasteiger partial charge in [0.1, 0.15) is 0 Å². The van der Waals surface area contributed by atoms with Gasteiger partial charge in [0, 0.05) is 26.2 Å². The van der Waals surface area contributed by atoms with Crippen LogP contribution < -0.4 is 5.48 Å². The number of hydrogen-bond acceptors (Lipinski definition) is 3. The molecule has 5 nitrogen and oxygen atoms in total. The highest BCUT2D eigenvalue weighted by Crippen LogP contribution is 2.05. The number of urea groups is 1. The van der Waals surface area contributed by atoms with Crippen LogP contribution in [0.4, 0.5) is 4.79 Å². The first kappa shape index (κ1) is 13.3. The van der Waals surface area contributed by atoms with Gasteiger partial charge in [0.2, 0.25) is 0 Å². The predicted octanol–water partition coefficient (Wildman–Crippen LogP) is 1.06. The second-order valence-electron chi connectivity index (χ2n) is 5.04. The zero-order chi connectivity index (χ0) is 12.2. The lowest BCUT2D eigenvalue weighted by Gasteiger charge is -2.34. The van der Waals surface area contributed by atoms with Gasteiger partial charge in [-0.15, -0.1) is 0 Å². The number of hydroxylamine groups is 1. The molecule has 0 aromatic rings. The highest BCUT2D eigenvalue weighted by molar-refractivity contribution is 5.73. The topological polar surface area (TPSA) is 44.8 Å². The van der Waals surface area contributed by atoms with Crippen molar-refractivity contribution < 1.29 is 9.63 Å². The molecule has 2 amide bonds. The van der Waals surface area contributed by atoms with Gasteiger partial charge >= 0.3 is 6.03 Å². The fourth-order valence-corrected chi connectivity index (χ4v) is 1.53. The SMILES string of the molecule is CCN1CCN(C(=O)NOC(C)(C)C)CC1. The Kier molecular flexibility index (Phi) is 4.56. The van der Waals surface area contributed by atoms with Gasteiger partial charge in [0.25, 0.3) is 0 Å². The molecule has 1 heterocycles. The van der Waals surface area contributed by atoms with Gasteiger partial charge in [-0.05, 0) is 27.3 Å². The highest BCUT2D eigenvalue weighted by atomic mass is 16.7. The minimum Gasteiger partial charge on any atom is -0.320 e. The molecule has 1 aliphatic heterocycles. The molecule has 16 heavy (non-hydrogen) atoms. The maximum atomic E-state index is 11.7. The van der Waals surface area contributed by atoms with Gasteiger partial charge in [-0.25, -0.2) is 10.3 Å². The van der Waals surface area contributed by atoms with Gasteiger partial charge in [0.05, 0.1) is 5.60 Å². The minimum absolute atomic E-state index is 0.134. The average Bonchev–Trinajstić information content (AvgIpc) is 2.25. The Bertz CT molecular complexity index is 230. The molecule has 0 bridgehead atoms. The van der Waals surface area contributed by atoms with Crippen LogP contribution in [0, 0.1) is 0 Å². The van der Waals surface area contributed by atoms with Gasteiger partial charge < -0.3 is 9.80 Å². The molecular weight excluding hydrogens is 206 g/mol. The lowest BCUT2D eigenvalue weighted by atomic mass is 10.2. The van der Waals surface area contributed by atoms with Gasteiger partial charge in [-0.3, -0.25) is 4.84 Å². The van der Waals surface area contributed by atoms with Gasteiger partial charge in [0.15, 0.2) is 0 Å². The minimum atomic E-state index is -0.346. The van der Waals surface area contributed by atoms with Crippen LogP contribution in [0.5, 0.6) is 0 Å². The molecule has 0 saturated carbocycles. The van der Waals surface area contributed by atoms with Crippen molar-refractivity contribution in [2.24, 2.45) is 0 Å². The normalized spacial score (nSPS) is 18.6. The summed E-state index contributed by atoms with van der Waals surface area (Å²) in [7, 11) is 0. The van der Waals surface area contributed by atoms with E-state index in [-0.39, 0.29) is 11.6 Å². The first-order valence-electron chi connectivity index (χ1n) is 5.87. The van der Waals surface area contributed by atoms with Crippen molar-refractivity contribution in [1.82, 2.24) is 15.3 Å². The van der Waals surface area contributed by atoms with E-state index in [4.69, 9.17) is 4.84 Å². The molecule has 1 saturated heterocycles. The van der Waals surface area contributed by atoms with E-state index in [0.29, 0.717) is 0 Å². The summed E-state index contributed by atoms with van der Waals surface area (Å²) in [5, 5.41) is 0. The summed E-state index contributed by atoms with van der Waals surface area (Å²) < 4.78 is 0. The average molecular weight is 229 g/mol. The van der Waals surface area contributed by atoms with E-state index < -0.39 is 0 Å². The molecule has 0 unspecified atom stereocenters. The van der Waals surface area contributed by atoms with Crippen molar-refractivity contribution in [2.45, 2.75) is 33.3 Å². The van der Waals surface area contributed by atoms with Gasteiger partial charge in [-0.2, -0.15) is 0 Å². The molecule has 0 radical (unpaired) electrons. The van der Waals surface area contributed by atoms with Crippen molar-refractivity contribution in [3.05, 3.63) is 0 Å². The number of piperazine rings is 1. The van der Waals surface area contributed by atoms with E-state index in [1.165, 1.54) is 0 Å². The molecule has 1 aliphatic rings. The fourth-order valence-electron chi connectivity index (χ4n) is 1.53. The molecule has 1 fully saturated rings. The molecule has 0 aromatic carbocycles. The second kappa shape index (κ2) is 5.50. The molecular formula is C11H23N3O2. The van der Waals surface area contributed by atoms with E-state index in [0.717, 1.165) is 32.7 Å². The third-order valence-corrected chi connectivity index (χ3v) is 2.55. The summed E-state index contributed by atoms with van der Waals surface area (Å²) in [5.74, 6) is 0. The summed E-state index contributed by atoms with van der Waals surface area (Å²) >= 11 is 0. The Balaban J connectivity index is 2.28. The van der Waals surface area contributed by atoms with Crippen molar-refractivity contribution in [1.29, 1.82) is 0 Å². The number of nitrogens with zero attached hydrogens (tertiary/aromatic N) is 2. The Morgan fingerprint density at radius 1 is 1.25 bits per heavy atom. The first-order chi connectivity index (χ1) is 7.42. The molecule has 0 aliphatic carbocycles. The lowest BCUT2D eigenvalue weighted by Crippen LogP contribution is -2.52. The van der Waals surface area contributed by atoms with Crippen molar-refractivity contribution >= 4 is 6.03 Å². The number of rotatable bonds is 2. The number of hydrogen-bond donors (Lipinski definition) is 1. The van der Waals surface area contributed by atoms with E-state index in [1.807, 2.05) is 20.8 Å². The standard InChI is InChI=1S/C11H23N3O2/c1-5-13-6-8-14(9-7-13)10(15)12-16-11(2,3)4/h5-9H2,1-4H3,(H,12,15). The van der Waals surface area contributed by atoms with Crippen LogP contribution in [0.15, 0.2) is 0 Å². The number of carbonyl (C=O) groups is 1. The Morgan fingerprint density at radius 3 is 2.25 bits per heavy atom. The van der Waals surface area contributed by atoms with E-state index in [1.54, 1.807) is 4.90 Å². The van der Waals surface area contributed by atoms with E-state index >= 15 is 0 Å². The van der Waals surface area contributed by atoms with E-state index in [2.05, 4.69) is 17.3 Å². The summed E-state index contributed by atoms with van der Waals surface area (Å²) in [6, 6.07) is -0.134. The smallest absolute Gasteiger partial charge is 0.320 e. The van der Waals surface area contributed by atoms with Crippen LogP contribution in [0.1, 0.15) is 27.7 Å². The first-order valence-corrected chi connectivity index (χ1v) is 5.87. The van der Waals surface area contributed by atoms with Crippen LogP contribution in [0.25, 0.3) is 0 Å². The second-order valence-corrected chi connectivity index (χ2v) is 5.04. The summed E-state index contributed by atoms with van der Waals surface area (Å²) in [6.45, 7) is 12.3. The Labute approximate surface area is 97.7 Å². The number of amides is 2. The third-order valence-electron chi connectivity index (χ3n) is 2.55. The Morgan fingerprint density at radius 2 is 1.81 bits per heavy atom. The van der Waals surface area contributed by atoms with Crippen molar-refractivity contribution in [3.8, 4) is 0 Å². The molecule has 5 heteroatoms. The summed E-state index contributed by atoms with van der Waals surface area (Å²) in [4.78, 5) is 21.1. The van der Waals surface area contributed by atoms with Crippen LogP contribution in [-0.2, 0) is 4.84 Å². The fraction of sp³-hybridized carbons (Fsp3) is 0.909. The third kappa shape index (κ3) is 4.37. The molecule has 1 rings (SSSR count). The highest BCUT2D eigenvalue weighted by Gasteiger charge is 2.21. The number of likely N-dealkylation sites (N-methyl/N-ethyl adjacent to an activating group) is 1. The Hall–Kier alpha value is -0.810. The predicted molar refractivity (Wildman–Crippen MR) is 63.1 cm³/mol. The van der Waals surface area contributed by atoms with E-state index in [9.17, 15) is 4.79 Å². The zero-order valence-electron chi connectivity index (χ0n) is 10.7. The summed E-state index contributed by atoms with van der Waals surface area (Å²) in [5.41, 5.74) is 2.15. The van der Waals surface area contributed by atoms with Gasteiger partial charge in [-0.1, -0.05) is 6.92 Å². The molecule has 0 spiro atoms. The molecule has 94 valence electrons. The van der Waals surface area contributed by atoms with Crippen LogP contribution in [-0.4, -0.2) is 54.2 Å². The van der Waals surface area contributed by atoms with Crippen LogP contribution >= 0.6 is 0 Å². The molecule has 0 atom stereocenters.